The summed E-state index contributed by atoms with van der Waals surface area (Å²) in [5.41, 5.74) is -0.707. The molecule has 1 aliphatic heterocycles. The fourth-order valence-electron chi connectivity index (χ4n) is 2.70. The molecule has 1 fully saturated rings. The second-order valence-electron chi connectivity index (χ2n) is 6.37. The first kappa shape index (κ1) is 14.7. The van der Waals surface area contributed by atoms with Crippen LogP contribution in [0.15, 0.2) is 0 Å². The summed E-state index contributed by atoms with van der Waals surface area (Å²) in [6.07, 6.45) is -1.09. The van der Waals surface area contributed by atoms with Crippen molar-refractivity contribution in [2.45, 2.75) is 46.8 Å². The molecule has 1 aliphatic rings. The average Bonchev–Trinajstić information content (AvgIpc) is 2.17. The number of cyclic esters (lactones) is 1. The first-order valence-corrected chi connectivity index (χ1v) is 6.20. The van der Waals surface area contributed by atoms with E-state index in [1.54, 1.807) is 0 Å². The molecule has 1 heterocycles. The van der Waals surface area contributed by atoms with Gasteiger partial charge in [0.2, 0.25) is 10.5 Å². The minimum absolute atomic E-state index is 0.108. The molecule has 3 unspecified atom stereocenters. The Labute approximate surface area is 106 Å². The monoisotopic (exact) mass is 257 g/mol. The van der Waals surface area contributed by atoms with Crippen LogP contribution < -0.4 is 0 Å². The molecule has 1 rings (SSSR count). The molecule has 0 saturated carbocycles. The molecule has 5 heteroatoms. The summed E-state index contributed by atoms with van der Waals surface area (Å²) < 4.78 is 10.3. The van der Waals surface area contributed by atoms with E-state index in [-0.39, 0.29) is 18.1 Å². The zero-order valence-corrected chi connectivity index (χ0v) is 12.1. The first-order chi connectivity index (χ1) is 7.62. The Kier molecular flexibility index (Phi) is 4.06. The molecule has 0 bridgehead atoms. The number of aliphatic hydroxyl groups excluding tert-OH is 1. The Bertz CT molecular complexity index is 295. The number of carbonyl (C=O) groups excluding carboxylic acids is 1. The van der Waals surface area contributed by atoms with Crippen LogP contribution in [0.1, 0.15) is 34.6 Å². The van der Waals surface area contributed by atoms with Crippen LogP contribution in [0.3, 0.4) is 0 Å². The molecule has 3 radical (unpaired) electrons. The number of ether oxygens (including phenoxy) is 1. The van der Waals surface area contributed by atoms with Crippen LogP contribution in [0, 0.1) is 16.7 Å². The fraction of sp³-hybridized carbons (Fsp3) is 0.917. The molecule has 4 nitrogen and oxygen atoms in total. The highest BCUT2D eigenvalue weighted by atomic mass is 28.2. The molecule has 3 atom stereocenters. The van der Waals surface area contributed by atoms with E-state index in [4.69, 9.17) is 9.16 Å². The molecule has 1 N–H and O–H groups in total. The third kappa shape index (κ3) is 2.72. The van der Waals surface area contributed by atoms with Crippen molar-refractivity contribution in [3.8, 4) is 0 Å². The normalized spacial score (nSPS) is 33.4. The van der Waals surface area contributed by atoms with Crippen LogP contribution in [-0.4, -0.2) is 40.4 Å². The lowest BCUT2D eigenvalue weighted by atomic mass is 9.65. The summed E-state index contributed by atoms with van der Waals surface area (Å²) in [5.74, 6) is -1.03. The average molecular weight is 257 g/mol. The SMILES string of the molecule is CC(C)(C)C1OC(=O)C(CO[Si])C(O)C1(C)C. The summed E-state index contributed by atoms with van der Waals surface area (Å²) >= 11 is 0. The van der Waals surface area contributed by atoms with Crippen LogP contribution in [0.25, 0.3) is 0 Å². The molecule has 0 spiro atoms. The molecule has 1 saturated heterocycles. The molecular weight excluding hydrogens is 236 g/mol. The maximum Gasteiger partial charge on any atom is 0.314 e. The first-order valence-electron chi connectivity index (χ1n) is 5.79. The van der Waals surface area contributed by atoms with Gasteiger partial charge in [0.15, 0.2) is 0 Å². The van der Waals surface area contributed by atoms with Gasteiger partial charge in [0.05, 0.1) is 6.10 Å². The van der Waals surface area contributed by atoms with Gasteiger partial charge in [0, 0.05) is 12.0 Å². The molecular formula is C12H21O4Si. The molecule has 0 amide bonds. The predicted molar refractivity (Wildman–Crippen MR) is 64.3 cm³/mol. The molecule has 97 valence electrons. The van der Waals surface area contributed by atoms with Gasteiger partial charge in [-0.15, -0.1) is 0 Å². The van der Waals surface area contributed by atoms with Crippen LogP contribution in [0.5, 0.6) is 0 Å². The van der Waals surface area contributed by atoms with Crippen LogP contribution in [0.4, 0.5) is 0 Å². The minimum Gasteiger partial charge on any atom is -0.461 e. The molecule has 0 aromatic carbocycles. The van der Waals surface area contributed by atoms with Crippen molar-refractivity contribution in [1.29, 1.82) is 0 Å². The topological polar surface area (TPSA) is 55.8 Å². The maximum atomic E-state index is 11.9. The van der Waals surface area contributed by atoms with Gasteiger partial charge in [-0.25, -0.2) is 0 Å². The minimum atomic E-state index is -0.774. The van der Waals surface area contributed by atoms with Gasteiger partial charge in [-0.2, -0.15) is 0 Å². The second-order valence-corrected chi connectivity index (χ2v) is 6.66. The summed E-state index contributed by atoms with van der Waals surface area (Å²) in [6.45, 7) is 9.94. The number of esters is 1. The van der Waals surface area contributed by atoms with E-state index in [9.17, 15) is 9.90 Å². The highest BCUT2D eigenvalue weighted by Gasteiger charge is 2.54. The van der Waals surface area contributed by atoms with E-state index in [2.05, 4.69) is 10.5 Å². The van der Waals surface area contributed by atoms with Gasteiger partial charge in [0.25, 0.3) is 0 Å². The number of carbonyl (C=O) groups is 1. The number of rotatable bonds is 2. The largest absolute Gasteiger partial charge is 0.461 e. The number of hydrogen-bond acceptors (Lipinski definition) is 4. The quantitative estimate of drug-likeness (QED) is 0.594. The Hall–Kier alpha value is -0.393. The van der Waals surface area contributed by atoms with Crippen molar-refractivity contribution in [1.82, 2.24) is 0 Å². The number of hydrogen-bond donors (Lipinski definition) is 1. The van der Waals surface area contributed by atoms with Crippen molar-refractivity contribution in [2.24, 2.45) is 16.7 Å². The maximum absolute atomic E-state index is 11.9. The van der Waals surface area contributed by atoms with Crippen molar-refractivity contribution in [3.05, 3.63) is 0 Å². The molecule has 0 aromatic heterocycles. The zero-order chi connectivity index (χ0) is 13.4. The van der Waals surface area contributed by atoms with E-state index >= 15 is 0 Å². The van der Waals surface area contributed by atoms with Gasteiger partial charge in [-0.1, -0.05) is 34.6 Å². The lowest BCUT2D eigenvalue weighted by Gasteiger charge is -2.50. The standard InChI is InChI=1S/C12H21O4Si/c1-11(2,3)10-12(4,5)8(13)7(6-15-17)9(14)16-10/h7-8,10,13H,6H2,1-5H3. The van der Waals surface area contributed by atoms with Crippen molar-refractivity contribution < 1.29 is 19.1 Å². The van der Waals surface area contributed by atoms with E-state index in [0.29, 0.717) is 0 Å². The molecule has 17 heavy (non-hydrogen) atoms. The Balaban J connectivity index is 3.01. The smallest absolute Gasteiger partial charge is 0.314 e. The van der Waals surface area contributed by atoms with Gasteiger partial charge in [-0.05, 0) is 5.41 Å². The summed E-state index contributed by atoms with van der Waals surface area (Å²) in [7, 11) is 2.86. The summed E-state index contributed by atoms with van der Waals surface area (Å²) in [5, 5.41) is 10.3. The van der Waals surface area contributed by atoms with Crippen LogP contribution in [0.2, 0.25) is 0 Å². The zero-order valence-electron chi connectivity index (χ0n) is 11.1. The third-order valence-electron chi connectivity index (χ3n) is 3.41. The van der Waals surface area contributed by atoms with E-state index < -0.39 is 23.4 Å². The lowest BCUT2D eigenvalue weighted by Crippen LogP contribution is -2.59. The third-order valence-corrected chi connectivity index (χ3v) is 3.57. The Morgan fingerprint density at radius 2 is 2.00 bits per heavy atom. The second kappa shape index (κ2) is 4.70. The summed E-state index contributed by atoms with van der Waals surface area (Å²) in [6, 6.07) is 0. The Morgan fingerprint density at radius 1 is 1.47 bits per heavy atom. The molecule has 0 aromatic rings. The van der Waals surface area contributed by atoms with Gasteiger partial charge < -0.3 is 14.3 Å². The predicted octanol–water partition coefficient (Wildman–Crippen LogP) is 1.06. The fourth-order valence-corrected chi connectivity index (χ4v) is 2.88. The Morgan fingerprint density at radius 3 is 2.41 bits per heavy atom. The van der Waals surface area contributed by atoms with Gasteiger partial charge in [0.1, 0.15) is 12.0 Å². The lowest BCUT2D eigenvalue weighted by molar-refractivity contribution is -0.212. The van der Waals surface area contributed by atoms with Gasteiger partial charge >= 0.3 is 5.97 Å². The summed E-state index contributed by atoms with van der Waals surface area (Å²) in [4.78, 5) is 11.9. The van der Waals surface area contributed by atoms with E-state index in [1.807, 2.05) is 34.6 Å². The highest BCUT2D eigenvalue weighted by molar-refractivity contribution is 5.98. The number of aliphatic hydroxyl groups is 1. The van der Waals surface area contributed by atoms with Crippen molar-refractivity contribution in [3.63, 3.8) is 0 Å². The van der Waals surface area contributed by atoms with Crippen LogP contribution in [-0.2, 0) is 14.0 Å². The van der Waals surface area contributed by atoms with Crippen LogP contribution >= 0.6 is 0 Å². The van der Waals surface area contributed by atoms with E-state index in [1.165, 1.54) is 0 Å². The molecule has 0 aliphatic carbocycles. The van der Waals surface area contributed by atoms with Crippen molar-refractivity contribution in [2.75, 3.05) is 6.61 Å². The van der Waals surface area contributed by atoms with Crippen molar-refractivity contribution >= 4 is 16.5 Å². The van der Waals surface area contributed by atoms with E-state index in [0.717, 1.165) is 0 Å². The highest BCUT2D eigenvalue weighted by Crippen LogP contribution is 2.44. The van der Waals surface area contributed by atoms with Gasteiger partial charge in [-0.3, -0.25) is 4.79 Å².